The second-order valence-electron chi connectivity index (χ2n) is 5.14. The van der Waals surface area contributed by atoms with E-state index in [9.17, 15) is 4.79 Å². The van der Waals surface area contributed by atoms with Crippen LogP contribution in [0.25, 0.3) is 0 Å². The van der Waals surface area contributed by atoms with Gasteiger partial charge in [-0.15, -0.1) is 0 Å². The van der Waals surface area contributed by atoms with Crippen molar-refractivity contribution in [1.82, 2.24) is 9.78 Å². The van der Waals surface area contributed by atoms with Crippen molar-refractivity contribution in [3.8, 4) is 0 Å². The highest BCUT2D eigenvalue weighted by atomic mass is 16.5. The standard InChI is InChI=1S/C15H22N2O2/c1-2-3-6-13(12-17-9-5-8-16-17)11-14-7-4-10-19-15(14)18/h4-5,7-9,13-14H,2-3,6,10-12H2,1H3. The van der Waals surface area contributed by atoms with Gasteiger partial charge in [0.15, 0.2) is 0 Å². The zero-order valence-electron chi connectivity index (χ0n) is 11.5. The van der Waals surface area contributed by atoms with E-state index >= 15 is 0 Å². The number of hydrogen-bond donors (Lipinski definition) is 0. The maximum Gasteiger partial charge on any atom is 0.313 e. The van der Waals surface area contributed by atoms with Crippen LogP contribution in [0, 0.1) is 11.8 Å². The molecule has 0 aromatic carbocycles. The van der Waals surface area contributed by atoms with Crippen LogP contribution < -0.4 is 0 Å². The number of nitrogens with zero attached hydrogens (tertiary/aromatic N) is 2. The van der Waals surface area contributed by atoms with Crippen LogP contribution in [-0.2, 0) is 16.1 Å². The number of hydrogen-bond acceptors (Lipinski definition) is 3. The van der Waals surface area contributed by atoms with Gasteiger partial charge in [0, 0.05) is 18.9 Å². The molecule has 0 saturated carbocycles. The van der Waals surface area contributed by atoms with Gasteiger partial charge < -0.3 is 4.74 Å². The van der Waals surface area contributed by atoms with Crippen molar-refractivity contribution in [3.63, 3.8) is 0 Å². The Hall–Kier alpha value is -1.58. The molecule has 2 unspecified atom stereocenters. The van der Waals surface area contributed by atoms with Gasteiger partial charge in [-0.05, 0) is 24.8 Å². The van der Waals surface area contributed by atoms with Crippen LogP contribution in [0.5, 0.6) is 0 Å². The summed E-state index contributed by atoms with van der Waals surface area (Å²) in [6.45, 7) is 3.50. The highest BCUT2D eigenvalue weighted by Crippen LogP contribution is 2.23. The lowest BCUT2D eigenvalue weighted by Gasteiger charge is -2.22. The van der Waals surface area contributed by atoms with E-state index in [0.29, 0.717) is 12.5 Å². The van der Waals surface area contributed by atoms with E-state index in [0.717, 1.165) is 19.4 Å². The molecule has 2 heterocycles. The van der Waals surface area contributed by atoms with Crippen molar-refractivity contribution in [2.24, 2.45) is 11.8 Å². The quantitative estimate of drug-likeness (QED) is 0.560. The summed E-state index contributed by atoms with van der Waals surface area (Å²) in [7, 11) is 0. The van der Waals surface area contributed by atoms with Crippen LogP contribution in [0.2, 0.25) is 0 Å². The van der Waals surface area contributed by atoms with E-state index in [4.69, 9.17) is 4.74 Å². The SMILES string of the molecule is CCCCC(CC1C=CCOC1=O)Cn1cccn1. The lowest BCUT2D eigenvalue weighted by Crippen LogP contribution is -2.24. The molecule has 2 rings (SSSR count). The summed E-state index contributed by atoms with van der Waals surface area (Å²) < 4.78 is 7.04. The Labute approximate surface area is 114 Å². The first kappa shape index (κ1) is 13.8. The Bertz CT molecular complexity index is 412. The molecule has 19 heavy (non-hydrogen) atoms. The maximum absolute atomic E-state index is 11.7. The molecule has 4 nitrogen and oxygen atoms in total. The second kappa shape index (κ2) is 7.12. The van der Waals surface area contributed by atoms with Crippen molar-refractivity contribution in [2.45, 2.75) is 39.2 Å². The molecule has 0 spiro atoms. The molecule has 1 aromatic rings. The van der Waals surface area contributed by atoms with Crippen LogP contribution in [-0.4, -0.2) is 22.4 Å². The molecule has 1 aromatic heterocycles. The molecular weight excluding hydrogens is 240 g/mol. The van der Waals surface area contributed by atoms with E-state index in [1.165, 1.54) is 12.8 Å². The van der Waals surface area contributed by atoms with Gasteiger partial charge >= 0.3 is 5.97 Å². The fraction of sp³-hybridized carbons (Fsp3) is 0.600. The molecule has 104 valence electrons. The van der Waals surface area contributed by atoms with Crippen LogP contribution in [0.1, 0.15) is 32.6 Å². The molecule has 0 aliphatic carbocycles. The summed E-state index contributed by atoms with van der Waals surface area (Å²) in [5.41, 5.74) is 0. The number of cyclic esters (lactones) is 1. The molecule has 0 saturated heterocycles. The van der Waals surface area contributed by atoms with Gasteiger partial charge in [0.2, 0.25) is 0 Å². The zero-order chi connectivity index (χ0) is 13.5. The van der Waals surface area contributed by atoms with Gasteiger partial charge in [0.25, 0.3) is 0 Å². The molecule has 0 amide bonds. The van der Waals surface area contributed by atoms with Crippen LogP contribution in [0.3, 0.4) is 0 Å². The minimum Gasteiger partial charge on any atom is -0.461 e. The van der Waals surface area contributed by atoms with E-state index in [1.807, 2.05) is 29.1 Å². The first-order valence-corrected chi connectivity index (χ1v) is 7.10. The van der Waals surface area contributed by atoms with Crippen molar-refractivity contribution >= 4 is 5.97 Å². The highest BCUT2D eigenvalue weighted by Gasteiger charge is 2.24. The Balaban J connectivity index is 1.94. The normalized spacial score (nSPS) is 20.3. The maximum atomic E-state index is 11.7. The first-order chi connectivity index (χ1) is 9.29. The highest BCUT2D eigenvalue weighted by molar-refractivity contribution is 5.75. The molecule has 2 atom stereocenters. The zero-order valence-corrected chi connectivity index (χ0v) is 11.5. The molecule has 0 N–H and O–H groups in total. The fourth-order valence-corrected chi connectivity index (χ4v) is 2.52. The van der Waals surface area contributed by atoms with E-state index in [2.05, 4.69) is 12.0 Å². The van der Waals surface area contributed by atoms with Gasteiger partial charge in [0.05, 0.1) is 5.92 Å². The summed E-state index contributed by atoms with van der Waals surface area (Å²) in [6.07, 6.45) is 12.1. The second-order valence-corrected chi connectivity index (χ2v) is 5.14. The third-order valence-corrected chi connectivity index (χ3v) is 3.55. The van der Waals surface area contributed by atoms with Crippen molar-refractivity contribution in [2.75, 3.05) is 6.61 Å². The van der Waals surface area contributed by atoms with Gasteiger partial charge in [0.1, 0.15) is 6.61 Å². The van der Waals surface area contributed by atoms with E-state index in [1.54, 1.807) is 6.20 Å². The lowest BCUT2D eigenvalue weighted by atomic mass is 9.89. The molecule has 0 bridgehead atoms. The molecule has 0 fully saturated rings. The van der Waals surface area contributed by atoms with Crippen LogP contribution in [0.4, 0.5) is 0 Å². The first-order valence-electron chi connectivity index (χ1n) is 7.10. The fourth-order valence-electron chi connectivity index (χ4n) is 2.52. The third kappa shape index (κ3) is 4.23. The van der Waals surface area contributed by atoms with Crippen molar-refractivity contribution in [1.29, 1.82) is 0 Å². The largest absolute Gasteiger partial charge is 0.461 e. The predicted molar refractivity (Wildman–Crippen MR) is 73.4 cm³/mol. The van der Waals surface area contributed by atoms with Crippen molar-refractivity contribution in [3.05, 3.63) is 30.6 Å². The number of esters is 1. The number of aromatic nitrogens is 2. The summed E-state index contributed by atoms with van der Waals surface area (Å²) in [4.78, 5) is 11.7. The minimum absolute atomic E-state index is 0.0776. The Morgan fingerprint density at radius 2 is 2.47 bits per heavy atom. The summed E-state index contributed by atoms with van der Waals surface area (Å²) >= 11 is 0. The molecule has 4 heteroatoms. The number of unbranched alkanes of at least 4 members (excludes halogenated alkanes) is 1. The van der Waals surface area contributed by atoms with E-state index < -0.39 is 0 Å². The molecule has 0 radical (unpaired) electrons. The van der Waals surface area contributed by atoms with E-state index in [-0.39, 0.29) is 11.9 Å². The van der Waals surface area contributed by atoms with Crippen molar-refractivity contribution < 1.29 is 9.53 Å². The Kier molecular flexibility index (Phi) is 5.19. The Morgan fingerprint density at radius 3 is 3.16 bits per heavy atom. The smallest absolute Gasteiger partial charge is 0.313 e. The number of ether oxygens (including phenoxy) is 1. The number of carbonyl (C=O) groups is 1. The lowest BCUT2D eigenvalue weighted by molar-refractivity contribution is -0.147. The summed E-state index contributed by atoms with van der Waals surface area (Å²) in [5.74, 6) is 0.316. The molecular formula is C15H22N2O2. The summed E-state index contributed by atoms with van der Waals surface area (Å²) in [5, 5.41) is 4.26. The molecule has 1 aliphatic rings. The van der Waals surface area contributed by atoms with Gasteiger partial charge in [-0.2, -0.15) is 5.10 Å². The summed E-state index contributed by atoms with van der Waals surface area (Å²) in [6, 6.07) is 1.94. The van der Waals surface area contributed by atoms with Gasteiger partial charge in [-0.3, -0.25) is 9.48 Å². The average Bonchev–Trinajstić information content (AvgIpc) is 2.91. The number of rotatable bonds is 7. The monoisotopic (exact) mass is 262 g/mol. The van der Waals surface area contributed by atoms with Crippen LogP contribution in [0.15, 0.2) is 30.6 Å². The number of carbonyl (C=O) groups excluding carboxylic acids is 1. The van der Waals surface area contributed by atoms with Gasteiger partial charge in [-0.25, -0.2) is 0 Å². The third-order valence-electron chi connectivity index (χ3n) is 3.55. The van der Waals surface area contributed by atoms with Crippen LogP contribution >= 0.6 is 0 Å². The minimum atomic E-state index is -0.0792. The molecule has 1 aliphatic heterocycles. The van der Waals surface area contributed by atoms with Gasteiger partial charge in [-0.1, -0.05) is 31.9 Å². The Morgan fingerprint density at radius 1 is 1.58 bits per heavy atom. The predicted octanol–water partition coefficient (Wildman–Crippen LogP) is 2.81. The topological polar surface area (TPSA) is 44.1 Å². The average molecular weight is 262 g/mol.